The number of sulfone groups is 1. The Balaban J connectivity index is 2.91. The van der Waals surface area contributed by atoms with Crippen LogP contribution in [0.4, 0.5) is 4.39 Å². The fourth-order valence-corrected chi connectivity index (χ4v) is 2.71. The molecule has 0 amide bonds. The van der Waals surface area contributed by atoms with Crippen LogP contribution in [-0.2, 0) is 14.6 Å². The highest BCUT2D eigenvalue weighted by molar-refractivity contribution is 7.91. The lowest BCUT2D eigenvalue weighted by Crippen LogP contribution is -2.25. The van der Waals surface area contributed by atoms with Crippen molar-refractivity contribution in [3.63, 3.8) is 0 Å². The van der Waals surface area contributed by atoms with Crippen molar-refractivity contribution < 1.29 is 22.7 Å². The van der Waals surface area contributed by atoms with E-state index < -0.39 is 32.4 Å². The van der Waals surface area contributed by atoms with E-state index in [2.05, 4.69) is 4.74 Å². The summed E-state index contributed by atoms with van der Waals surface area (Å²) < 4.78 is 41.2. The number of hydrogen-bond acceptors (Lipinski definition) is 4. The lowest BCUT2D eigenvalue weighted by molar-refractivity contribution is 0.0783. The van der Waals surface area contributed by atoms with Gasteiger partial charge in [-0.25, -0.2) is 12.8 Å². The van der Waals surface area contributed by atoms with Gasteiger partial charge in [0, 0.05) is 7.11 Å². The van der Waals surface area contributed by atoms with Crippen molar-refractivity contribution in [1.29, 1.82) is 0 Å². The zero-order valence-corrected chi connectivity index (χ0v) is 9.58. The second kappa shape index (κ2) is 5.38. The molecular weight excluding hydrogens is 235 g/mol. The van der Waals surface area contributed by atoms with E-state index in [9.17, 15) is 17.9 Å². The second-order valence-corrected chi connectivity index (χ2v) is 5.32. The maximum Gasteiger partial charge on any atom is 0.183 e. The molecule has 0 fully saturated rings. The Morgan fingerprint density at radius 1 is 1.44 bits per heavy atom. The molecule has 90 valence electrons. The van der Waals surface area contributed by atoms with Gasteiger partial charge in [-0.15, -0.1) is 0 Å². The van der Waals surface area contributed by atoms with E-state index >= 15 is 0 Å². The summed E-state index contributed by atoms with van der Waals surface area (Å²) in [5.74, 6) is -1.37. The topological polar surface area (TPSA) is 63.6 Å². The summed E-state index contributed by atoms with van der Waals surface area (Å²) in [4.78, 5) is -0.398. The molecule has 0 aliphatic carbocycles. The first-order valence-corrected chi connectivity index (χ1v) is 6.27. The molecule has 0 saturated heterocycles. The average Bonchev–Trinajstić information content (AvgIpc) is 2.17. The quantitative estimate of drug-likeness (QED) is 0.829. The molecule has 0 heterocycles. The fraction of sp³-hybridized carbons (Fsp3) is 0.400. The molecule has 1 unspecified atom stereocenters. The molecule has 0 aliphatic heterocycles. The third kappa shape index (κ3) is 3.26. The van der Waals surface area contributed by atoms with E-state index in [4.69, 9.17) is 0 Å². The molecule has 1 rings (SSSR count). The molecule has 6 heteroatoms. The van der Waals surface area contributed by atoms with Crippen LogP contribution in [0.3, 0.4) is 0 Å². The van der Waals surface area contributed by atoms with E-state index in [-0.39, 0.29) is 6.61 Å². The van der Waals surface area contributed by atoms with Gasteiger partial charge in [-0.2, -0.15) is 0 Å². The van der Waals surface area contributed by atoms with Crippen LogP contribution >= 0.6 is 0 Å². The lowest BCUT2D eigenvalue weighted by atomic mass is 10.3. The number of benzene rings is 1. The van der Waals surface area contributed by atoms with Crippen molar-refractivity contribution in [1.82, 2.24) is 0 Å². The minimum atomic E-state index is -3.82. The first-order valence-electron chi connectivity index (χ1n) is 4.61. The minimum absolute atomic E-state index is 0.103. The van der Waals surface area contributed by atoms with Crippen molar-refractivity contribution in [2.45, 2.75) is 11.0 Å². The maximum atomic E-state index is 13.2. The van der Waals surface area contributed by atoms with Crippen LogP contribution < -0.4 is 0 Å². The SMILES string of the molecule is COCC(O)CS(=O)(=O)c1ccccc1F. The van der Waals surface area contributed by atoms with Gasteiger partial charge >= 0.3 is 0 Å². The summed E-state index contributed by atoms with van der Waals surface area (Å²) in [7, 11) is -2.47. The highest BCUT2D eigenvalue weighted by Crippen LogP contribution is 2.16. The number of aliphatic hydroxyl groups excluding tert-OH is 1. The predicted octanol–water partition coefficient (Wildman–Crippen LogP) is 0.607. The first kappa shape index (κ1) is 13.1. The van der Waals surface area contributed by atoms with E-state index in [1.165, 1.54) is 25.3 Å². The number of rotatable bonds is 5. The largest absolute Gasteiger partial charge is 0.390 e. The molecule has 0 aliphatic rings. The summed E-state index contributed by atoms with van der Waals surface area (Å²) in [5, 5.41) is 9.31. The van der Waals surface area contributed by atoms with Gasteiger partial charge in [0.15, 0.2) is 9.84 Å². The Morgan fingerprint density at radius 2 is 2.06 bits per heavy atom. The Hall–Kier alpha value is -0.980. The van der Waals surface area contributed by atoms with Crippen molar-refractivity contribution in [2.75, 3.05) is 19.5 Å². The number of aliphatic hydroxyl groups is 1. The molecule has 1 N–H and O–H groups in total. The predicted molar refractivity (Wildman–Crippen MR) is 56.3 cm³/mol. The second-order valence-electron chi connectivity index (χ2n) is 3.32. The zero-order valence-electron chi connectivity index (χ0n) is 8.76. The van der Waals surface area contributed by atoms with Gasteiger partial charge < -0.3 is 9.84 Å². The number of ether oxygens (including phenoxy) is 1. The molecular formula is C10H13FO4S. The van der Waals surface area contributed by atoms with Gasteiger partial charge in [-0.3, -0.25) is 0 Å². The molecule has 1 atom stereocenters. The molecule has 1 aromatic rings. The number of halogens is 1. The Bertz CT molecular complexity index is 444. The van der Waals surface area contributed by atoms with Crippen molar-refractivity contribution in [2.24, 2.45) is 0 Å². The van der Waals surface area contributed by atoms with E-state index in [0.29, 0.717) is 0 Å². The lowest BCUT2D eigenvalue weighted by Gasteiger charge is -2.10. The third-order valence-electron chi connectivity index (χ3n) is 1.94. The van der Waals surface area contributed by atoms with E-state index in [1.807, 2.05) is 0 Å². The highest BCUT2D eigenvalue weighted by atomic mass is 32.2. The molecule has 1 aromatic carbocycles. The van der Waals surface area contributed by atoms with Gasteiger partial charge in [-0.1, -0.05) is 12.1 Å². The highest BCUT2D eigenvalue weighted by Gasteiger charge is 2.22. The van der Waals surface area contributed by atoms with Gasteiger partial charge in [0.1, 0.15) is 10.7 Å². The van der Waals surface area contributed by atoms with E-state index in [0.717, 1.165) is 6.07 Å². The Kier molecular flexibility index (Phi) is 4.40. The minimum Gasteiger partial charge on any atom is -0.390 e. The summed E-state index contributed by atoms with van der Waals surface area (Å²) >= 11 is 0. The van der Waals surface area contributed by atoms with Crippen LogP contribution in [0.2, 0.25) is 0 Å². The van der Waals surface area contributed by atoms with Gasteiger partial charge in [-0.05, 0) is 12.1 Å². The molecule has 0 radical (unpaired) electrons. The van der Waals surface area contributed by atoms with Crippen molar-refractivity contribution in [3.05, 3.63) is 30.1 Å². The van der Waals surface area contributed by atoms with Crippen LogP contribution in [0.1, 0.15) is 0 Å². The Labute approximate surface area is 93.6 Å². The number of methoxy groups -OCH3 is 1. The van der Waals surface area contributed by atoms with Crippen LogP contribution in [0.25, 0.3) is 0 Å². The van der Waals surface area contributed by atoms with Crippen LogP contribution in [0, 0.1) is 5.82 Å². The third-order valence-corrected chi connectivity index (χ3v) is 3.77. The first-order chi connectivity index (χ1) is 7.47. The summed E-state index contributed by atoms with van der Waals surface area (Å²) in [6.45, 7) is -0.103. The average molecular weight is 248 g/mol. The summed E-state index contributed by atoms with van der Waals surface area (Å²) in [6.07, 6.45) is -1.16. The molecule has 16 heavy (non-hydrogen) atoms. The molecule has 0 saturated carbocycles. The van der Waals surface area contributed by atoms with Crippen LogP contribution in [0.15, 0.2) is 29.2 Å². The fourth-order valence-electron chi connectivity index (χ4n) is 1.28. The molecule has 0 spiro atoms. The zero-order chi connectivity index (χ0) is 12.2. The van der Waals surface area contributed by atoms with Gasteiger partial charge in [0.05, 0.1) is 18.5 Å². The smallest absolute Gasteiger partial charge is 0.183 e. The normalized spacial score (nSPS) is 13.7. The van der Waals surface area contributed by atoms with Crippen molar-refractivity contribution >= 4 is 9.84 Å². The van der Waals surface area contributed by atoms with E-state index in [1.54, 1.807) is 0 Å². The summed E-state index contributed by atoms with van der Waals surface area (Å²) in [6, 6.07) is 5.07. The maximum absolute atomic E-state index is 13.2. The molecule has 0 aromatic heterocycles. The van der Waals surface area contributed by atoms with Gasteiger partial charge in [0.2, 0.25) is 0 Å². The standard InChI is InChI=1S/C10H13FO4S/c1-15-6-8(12)7-16(13,14)10-5-3-2-4-9(10)11/h2-5,8,12H,6-7H2,1H3. The van der Waals surface area contributed by atoms with Gasteiger partial charge in [0.25, 0.3) is 0 Å². The molecule has 4 nitrogen and oxygen atoms in total. The Morgan fingerprint density at radius 3 is 2.62 bits per heavy atom. The molecule has 0 bridgehead atoms. The van der Waals surface area contributed by atoms with Crippen LogP contribution in [0.5, 0.6) is 0 Å². The monoisotopic (exact) mass is 248 g/mol. The van der Waals surface area contributed by atoms with Crippen molar-refractivity contribution in [3.8, 4) is 0 Å². The number of hydrogen-bond donors (Lipinski definition) is 1. The van der Waals surface area contributed by atoms with Crippen LogP contribution in [-0.4, -0.2) is 39.1 Å². The summed E-state index contributed by atoms with van der Waals surface area (Å²) in [5.41, 5.74) is 0.